The Morgan fingerprint density at radius 3 is 2.65 bits per heavy atom. The SMILES string of the molecule is [N-]=[N+]=C1CC=C2C(=CC(=O)C=C2S(=O)(=O)Cl)C1. The molecule has 88 valence electrons. The Kier molecular flexibility index (Phi) is 2.87. The molecule has 0 amide bonds. The molecule has 0 radical (unpaired) electrons. The topological polar surface area (TPSA) is 87.6 Å². The first-order chi connectivity index (χ1) is 7.91. The lowest BCUT2D eigenvalue weighted by atomic mass is 9.88. The van der Waals surface area contributed by atoms with Crippen LogP contribution in [0.2, 0.25) is 0 Å². The van der Waals surface area contributed by atoms with Gasteiger partial charge in [-0.05, 0) is 17.2 Å². The lowest BCUT2D eigenvalue weighted by Gasteiger charge is -2.18. The molecule has 2 aliphatic carbocycles. The van der Waals surface area contributed by atoms with Gasteiger partial charge in [0.1, 0.15) is 0 Å². The molecule has 0 aromatic rings. The first kappa shape index (κ1) is 12.0. The van der Waals surface area contributed by atoms with Crippen molar-refractivity contribution >= 4 is 31.2 Å². The van der Waals surface area contributed by atoms with E-state index >= 15 is 0 Å². The van der Waals surface area contributed by atoms with Crippen LogP contribution < -0.4 is 0 Å². The van der Waals surface area contributed by atoms with Gasteiger partial charge in [-0.1, -0.05) is 6.08 Å². The lowest BCUT2D eigenvalue weighted by molar-refractivity contribution is -0.110. The average molecular weight is 271 g/mol. The number of hydrogen-bond donors (Lipinski definition) is 0. The van der Waals surface area contributed by atoms with Gasteiger partial charge in [-0.25, -0.2) is 8.42 Å². The Morgan fingerprint density at radius 2 is 2.06 bits per heavy atom. The van der Waals surface area contributed by atoms with E-state index in [1.165, 1.54) is 6.08 Å². The van der Waals surface area contributed by atoms with Crippen molar-refractivity contribution in [2.45, 2.75) is 12.8 Å². The Bertz CT molecular complexity index is 649. The summed E-state index contributed by atoms with van der Waals surface area (Å²) < 4.78 is 22.7. The third-order valence-corrected chi connectivity index (χ3v) is 3.90. The fraction of sp³-hybridized carbons (Fsp3) is 0.200. The highest BCUT2D eigenvalue weighted by molar-refractivity contribution is 8.17. The second-order valence-corrected chi connectivity index (χ2v) is 6.22. The summed E-state index contributed by atoms with van der Waals surface area (Å²) in [4.78, 5) is 14.3. The molecular formula is C10H7ClN2O3S. The largest absolute Gasteiger partial charge is 0.362 e. The molecule has 2 rings (SSSR count). The molecule has 0 aromatic heterocycles. The maximum Gasteiger partial charge on any atom is 0.276 e. The molecule has 2 aliphatic rings. The second-order valence-electron chi connectivity index (χ2n) is 3.68. The molecule has 0 heterocycles. The first-order valence-corrected chi connectivity index (χ1v) is 7.04. The summed E-state index contributed by atoms with van der Waals surface area (Å²) in [5, 5.41) is 0. The van der Waals surface area contributed by atoms with Crippen LogP contribution in [0.3, 0.4) is 0 Å². The van der Waals surface area contributed by atoms with Gasteiger partial charge in [-0.15, -0.1) is 0 Å². The van der Waals surface area contributed by atoms with Gasteiger partial charge in [0.25, 0.3) is 14.8 Å². The number of carbonyl (C=O) groups is 1. The van der Waals surface area contributed by atoms with Crippen molar-refractivity contribution in [1.82, 2.24) is 0 Å². The molecule has 0 fully saturated rings. The second kappa shape index (κ2) is 4.07. The van der Waals surface area contributed by atoms with E-state index in [9.17, 15) is 13.2 Å². The van der Waals surface area contributed by atoms with Crippen LogP contribution in [0.25, 0.3) is 5.53 Å². The normalized spacial score (nSPS) is 19.9. The van der Waals surface area contributed by atoms with Crippen LogP contribution in [0.1, 0.15) is 12.8 Å². The molecule has 0 saturated heterocycles. The third kappa shape index (κ3) is 2.29. The predicted molar refractivity (Wildman–Crippen MR) is 61.9 cm³/mol. The number of carbonyl (C=O) groups excluding carboxylic acids is 1. The minimum absolute atomic E-state index is 0.182. The summed E-state index contributed by atoms with van der Waals surface area (Å²) in [7, 11) is 1.32. The fourth-order valence-electron chi connectivity index (χ4n) is 1.82. The quantitative estimate of drug-likeness (QED) is 0.409. The predicted octanol–water partition coefficient (Wildman–Crippen LogP) is 1.34. The maximum atomic E-state index is 11.4. The Balaban J connectivity index is 2.58. The molecule has 17 heavy (non-hydrogen) atoms. The van der Waals surface area contributed by atoms with Gasteiger partial charge < -0.3 is 5.53 Å². The van der Waals surface area contributed by atoms with Gasteiger partial charge in [-0.3, -0.25) is 4.79 Å². The molecule has 5 nitrogen and oxygen atoms in total. The molecule has 0 aliphatic heterocycles. The van der Waals surface area contributed by atoms with Gasteiger partial charge >= 0.3 is 0 Å². The Labute approximate surface area is 102 Å². The maximum absolute atomic E-state index is 11.4. The van der Waals surface area contributed by atoms with Crippen molar-refractivity contribution in [3.63, 3.8) is 0 Å². The van der Waals surface area contributed by atoms with E-state index in [0.29, 0.717) is 23.3 Å². The van der Waals surface area contributed by atoms with E-state index < -0.39 is 14.8 Å². The third-order valence-electron chi connectivity index (χ3n) is 2.54. The smallest absolute Gasteiger partial charge is 0.276 e. The molecule has 7 heteroatoms. The van der Waals surface area contributed by atoms with E-state index in [1.54, 1.807) is 6.08 Å². The summed E-state index contributed by atoms with van der Waals surface area (Å²) in [6.07, 6.45) is 4.49. The van der Waals surface area contributed by atoms with Gasteiger partial charge in [-0.2, -0.15) is 4.79 Å². The van der Waals surface area contributed by atoms with Crippen molar-refractivity contribution in [3.8, 4) is 0 Å². The van der Waals surface area contributed by atoms with Gasteiger partial charge in [0.05, 0.1) is 17.7 Å². The van der Waals surface area contributed by atoms with Gasteiger partial charge in [0.2, 0.25) is 0 Å². The molecule has 0 bridgehead atoms. The number of allylic oxidation sites excluding steroid dienone is 5. The molecule has 0 unspecified atom stereocenters. The monoisotopic (exact) mass is 270 g/mol. The number of fused-ring (bicyclic) bond motifs is 1. The van der Waals surface area contributed by atoms with E-state index in [2.05, 4.69) is 4.79 Å². The highest BCUT2D eigenvalue weighted by Gasteiger charge is 2.31. The fourth-order valence-corrected chi connectivity index (χ4v) is 2.94. The summed E-state index contributed by atoms with van der Waals surface area (Å²) >= 11 is 0. The van der Waals surface area contributed by atoms with E-state index in [0.717, 1.165) is 6.08 Å². The minimum Gasteiger partial charge on any atom is -0.362 e. The van der Waals surface area contributed by atoms with E-state index in [4.69, 9.17) is 16.2 Å². The molecule has 0 saturated carbocycles. The Morgan fingerprint density at radius 1 is 1.35 bits per heavy atom. The standard InChI is InChI=1S/C10H7ClN2O3S/c11-17(15,16)10-5-8(14)4-6-3-7(13-12)1-2-9(6)10/h2,4-5H,1,3H2. The highest BCUT2D eigenvalue weighted by atomic mass is 35.7. The molecule has 0 N–H and O–H groups in total. The number of halogens is 1. The zero-order valence-electron chi connectivity index (χ0n) is 8.55. The van der Waals surface area contributed by atoms with Crippen molar-refractivity contribution in [1.29, 1.82) is 0 Å². The lowest BCUT2D eigenvalue weighted by Crippen LogP contribution is -2.17. The zero-order chi connectivity index (χ0) is 12.6. The van der Waals surface area contributed by atoms with Gasteiger partial charge in [0.15, 0.2) is 5.78 Å². The minimum atomic E-state index is -3.95. The summed E-state index contributed by atoms with van der Waals surface area (Å²) in [6.45, 7) is 0. The van der Waals surface area contributed by atoms with Crippen molar-refractivity contribution in [2.24, 2.45) is 0 Å². The van der Waals surface area contributed by atoms with Crippen LogP contribution in [0.4, 0.5) is 0 Å². The average Bonchev–Trinajstić information content (AvgIpc) is 2.25. The summed E-state index contributed by atoms with van der Waals surface area (Å²) in [5.74, 6) is -0.435. The number of rotatable bonds is 1. The first-order valence-electron chi connectivity index (χ1n) is 4.73. The van der Waals surface area contributed by atoms with Crippen LogP contribution >= 0.6 is 10.7 Å². The molecule has 0 atom stereocenters. The van der Waals surface area contributed by atoms with Crippen LogP contribution in [0, 0.1) is 0 Å². The molecular weight excluding hydrogens is 264 g/mol. The van der Waals surface area contributed by atoms with Crippen molar-refractivity contribution in [3.05, 3.63) is 39.8 Å². The van der Waals surface area contributed by atoms with Gasteiger partial charge in [0, 0.05) is 16.8 Å². The van der Waals surface area contributed by atoms with Crippen LogP contribution in [0.5, 0.6) is 0 Å². The highest BCUT2D eigenvalue weighted by Crippen LogP contribution is 2.35. The number of nitrogens with zero attached hydrogens (tertiary/aromatic N) is 2. The van der Waals surface area contributed by atoms with Crippen LogP contribution in [-0.4, -0.2) is 24.7 Å². The zero-order valence-corrected chi connectivity index (χ0v) is 10.1. The van der Waals surface area contributed by atoms with Crippen LogP contribution in [0.15, 0.2) is 34.3 Å². The molecule has 0 spiro atoms. The summed E-state index contributed by atoms with van der Waals surface area (Å²) in [5.41, 5.74) is 10.1. The van der Waals surface area contributed by atoms with Crippen LogP contribution in [-0.2, 0) is 13.8 Å². The summed E-state index contributed by atoms with van der Waals surface area (Å²) in [6, 6.07) is 0. The van der Waals surface area contributed by atoms with Crippen molar-refractivity contribution in [2.75, 3.05) is 0 Å². The number of hydrogen-bond acceptors (Lipinski definition) is 3. The molecule has 0 aromatic carbocycles. The van der Waals surface area contributed by atoms with E-state index in [1.807, 2.05) is 0 Å². The number of ketones is 1. The Hall–Kier alpha value is -1.49. The van der Waals surface area contributed by atoms with E-state index in [-0.39, 0.29) is 11.3 Å². The van der Waals surface area contributed by atoms with Crippen molar-refractivity contribution < 1.29 is 18.0 Å².